The van der Waals surface area contributed by atoms with E-state index in [0.29, 0.717) is 31.9 Å². The van der Waals surface area contributed by atoms with Crippen molar-refractivity contribution in [2.75, 3.05) is 13.2 Å². The molecule has 0 saturated carbocycles. The highest BCUT2D eigenvalue weighted by Crippen LogP contribution is 2.34. The van der Waals surface area contributed by atoms with E-state index in [1.807, 2.05) is 42.2 Å². The highest BCUT2D eigenvalue weighted by Gasteiger charge is 2.50. The zero-order chi connectivity index (χ0) is 18.8. The lowest BCUT2D eigenvalue weighted by Gasteiger charge is -2.22. The lowest BCUT2D eigenvalue weighted by molar-refractivity contribution is -0.131. The molecule has 1 aromatic carbocycles. The van der Waals surface area contributed by atoms with Gasteiger partial charge in [-0.1, -0.05) is 29.8 Å². The van der Waals surface area contributed by atoms with E-state index in [2.05, 4.69) is 5.32 Å². The van der Waals surface area contributed by atoms with Gasteiger partial charge in [0, 0.05) is 13.2 Å². The predicted molar refractivity (Wildman–Crippen MR) is 98.8 cm³/mol. The molecule has 1 N–H and O–H groups in total. The second-order valence-electron chi connectivity index (χ2n) is 7.30. The SMILES string of the molecule is Cc1ccc(CC(=O)N2C[C@H](C(=O)NCc3ccco3)[C@H]3OCC[C@H]32)cc1. The first-order valence-electron chi connectivity index (χ1n) is 9.38. The topological polar surface area (TPSA) is 71.8 Å². The number of nitrogens with zero attached hydrogens (tertiary/aromatic N) is 1. The summed E-state index contributed by atoms with van der Waals surface area (Å²) in [4.78, 5) is 27.4. The monoisotopic (exact) mass is 368 g/mol. The Labute approximate surface area is 158 Å². The minimum Gasteiger partial charge on any atom is -0.467 e. The van der Waals surface area contributed by atoms with Crippen LogP contribution in [0.3, 0.4) is 0 Å². The van der Waals surface area contributed by atoms with Crippen molar-refractivity contribution in [2.45, 2.75) is 38.5 Å². The Morgan fingerprint density at radius 1 is 1.22 bits per heavy atom. The number of likely N-dealkylation sites (tertiary alicyclic amines) is 1. The number of amides is 2. The maximum absolute atomic E-state index is 12.9. The fourth-order valence-electron chi connectivity index (χ4n) is 3.99. The van der Waals surface area contributed by atoms with Crippen LogP contribution in [0.1, 0.15) is 23.3 Å². The second-order valence-corrected chi connectivity index (χ2v) is 7.30. The molecule has 6 nitrogen and oxygen atoms in total. The molecule has 2 amide bonds. The highest BCUT2D eigenvalue weighted by atomic mass is 16.5. The Balaban J connectivity index is 1.41. The number of ether oxygens (including phenoxy) is 1. The first kappa shape index (κ1) is 17.8. The van der Waals surface area contributed by atoms with Gasteiger partial charge in [-0.2, -0.15) is 0 Å². The predicted octanol–water partition coefficient (Wildman–Crippen LogP) is 2.06. The molecule has 6 heteroatoms. The van der Waals surface area contributed by atoms with Crippen LogP contribution in [0.4, 0.5) is 0 Å². The van der Waals surface area contributed by atoms with E-state index in [4.69, 9.17) is 9.15 Å². The van der Waals surface area contributed by atoms with Crippen LogP contribution < -0.4 is 5.32 Å². The van der Waals surface area contributed by atoms with Crippen LogP contribution in [0.2, 0.25) is 0 Å². The first-order chi connectivity index (χ1) is 13.1. The average molecular weight is 368 g/mol. The van der Waals surface area contributed by atoms with Gasteiger partial charge in [-0.15, -0.1) is 0 Å². The van der Waals surface area contributed by atoms with Crippen molar-refractivity contribution >= 4 is 11.8 Å². The average Bonchev–Trinajstić information content (AvgIpc) is 3.39. The van der Waals surface area contributed by atoms with E-state index in [0.717, 1.165) is 12.0 Å². The van der Waals surface area contributed by atoms with Crippen molar-refractivity contribution in [1.82, 2.24) is 10.2 Å². The smallest absolute Gasteiger partial charge is 0.227 e. The second kappa shape index (κ2) is 7.56. The summed E-state index contributed by atoms with van der Waals surface area (Å²) in [5.41, 5.74) is 2.16. The summed E-state index contributed by atoms with van der Waals surface area (Å²) < 4.78 is 11.1. The third-order valence-electron chi connectivity index (χ3n) is 5.44. The van der Waals surface area contributed by atoms with Crippen LogP contribution in [0.15, 0.2) is 47.1 Å². The molecule has 4 rings (SSSR count). The van der Waals surface area contributed by atoms with E-state index in [9.17, 15) is 9.59 Å². The Morgan fingerprint density at radius 3 is 2.78 bits per heavy atom. The molecule has 27 heavy (non-hydrogen) atoms. The molecule has 2 fully saturated rings. The minimum absolute atomic E-state index is 0.0117. The summed E-state index contributed by atoms with van der Waals surface area (Å²) in [5.74, 6) is 0.335. The third kappa shape index (κ3) is 3.76. The summed E-state index contributed by atoms with van der Waals surface area (Å²) in [6, 6.07) is 11.6. The van der Waals surface area contributed by atoms with Crippen LogP contribution in [-0.2, 0) is 27.3 Å². The van der Waals surface area contributed by atoms with Gasteiger partial charge in [0.15, 0.2) is 0 Å². The molecule has 0 spiro atoms. The van der Waals surface area contributed by atoms with E-state index >= 15 is 0 Å². The summed E-state index contributed by atoms with van der Waals surface area (Å²) >= 11 is 0. The number of carbonyl (C=O) groups excluding carboxylic acids is 2. The Morgan fingerprint density at radius 2 is 2.04 bits per heavy atom. The van der Waals surface area contributed by atoms with Crippen LogP contribution in [-0.4, -0.2) is 42.0 Å². The van der Waals surface area contributed by atoms with Crippen LogP contribution in [0.25, 0.3) is 0 Å². The van der Waals surface area contributed by atoms with Gasteiger partial charge in [0.05, 0.1) is 37.3 Å². The van der Waals surface area contributed by atoms with Gasteiger partial charge in [-0.25, -0.2) is 0 Å². The number of carbonyl (C=O) groups is 2. The van der Waals surface area contributed by atoms with Gasteiger partial charge in [0.25, 0.3) is 0 Å². The molecule has 0 bridgehead atoms. The largest absolute Gasteiger partial charge is 0.467 e. The number of benzene rings is 1. The number of hydrogen-bond donors (Lipinski definition) is 1. The molecule has 0 radical (unpaired) electrons. The van der Waals surface area contributed by atoms with Gasteiger partial charge >= 0.3 is 0 Å². The van der Waals surface area contributed by atoms with Crippen molar-refractivity contribution in [3.63, 3.8) is 0 Å². The van der Waals surface area contributed by atoms with Crippen LogP contribution >= 0.6 is 0 Å². The van der Waals surface area contributed by atoms with Gasteiger partial charge < -0.3 is 19.4 Å². The highest BCUT2D eigenvalue weighted by molar-refractivity contribution is 5.84. The zero-order valence-corrected chi connectivity index (χ0v) is 15.4. The van der Waals surface area contributed by atoms with Crippen molar-refractivity contribution in [3.05, 3.63) is 59.5 Å². The number of aryl methyl sites for hydroxylation is 1. The third-order valence-corrected chi connectivity index (χ3v) is 5.44. The molecule has 2 saturated heterocycles. The van der Waals surface area contributed by atoms with E-state index in [1.165, 1.54) is 5.56 Å². The van der Waals surface area contributed by atoms with Crippen molar-refractivity contribution in [2.24, 2.45) is 5.92 Å². The quantitative estimate of drug-likeness (QED) is 0.877. The van der Waals surface area contributed by atoms with Crippen molar-refractivity contribution < 1.29 is 18.7 Å². The fourth-order valence-corrected chi connectivity index (χ4v) is 3.99. The van der Waals surface area contributed by atoms with Gasteiger partial charge in [0.1, 0.15) is 5.76 Å². The summed E-state index contributed by atoms with van der Waals surface area (Å²) in [5, 5.41) is 2.90. The van der Waals surface area contributed by atoms with Crippen LogP contribution in [0, 0.1) is 12.8 Å². The molecule has 2 aliphatic rings. The summed E-state index contributed by atoms with van der Waals surface area (Å²) in [6.45, 7) is 3.37. The molecule has 142 valence electrons. The van der Waals surface area contributed by atoms with Crippen LogP contribution in [0.5, 0.6) is 0 Å². The zero-order valence-electron chi connectivity index (χ0n) is 15.4. The maximum atomic E-state index is 12.9. The lowest BCUT2D eigenvalue weighted by atomic mass is 10.0. The number of rotatable bonds is 5. The van der Waals surface area contributed by atoms with Gasteiger partial charge in [-0.05, 0) is 31.0 Å². The van der Waals surface area contributed by atoms with Crippen molar-refractivity contribution in [3.8, 4) is 0 Å². The molecule has 3 heterocycles. The number of hydrogen-bond acceptors (Lipinski definition) is 4. The Hall–Kier alpha value is -2.60. The summed E-state index contributed by atoms with van der Waals surface area (Å²) in [6.07, 6.45) is 2.50. The molecule has 0 aliphatic carbocycles. The molecule has 2 aromatic rings. The van der Waals surface area contributed by atoms with Crippen molar-refractivity contribution in [1.29, 1.82) is 0 Å². The van der Waals surface area contributed by atoms with E-state index < -0.39 is 0 Å². The van der Waals surface area contributed by atoms with Gasteiger partial charge in [-0.3, -0.25) is 9.59 Å². The van der Waals surface area contributed by atoms with Gasteiger partial charge in [0.2, 0.25) is 11.8 Å². The Bertz CT molecular complexity index is 800. The standard InChI is InChI=1S/C21H24N2O4/c1-14-4-6-15(7-5-14)11-19(24)23-13-17(20-18(23)8-10-27-20)21(25)22-12-16-3-2-9-26-16/h2-7,9,17-18,20H,8,10-13H2,1H3,(H,22,25)/t17-,18+,20+/m0/s1. The number of nitrogens with one attached hydrogen (secondary N) is 1. The molecule has 3 atom stereocenters. The molecule has 2 aliphatic heterocycles. The molecular formula is C21H24N2O4. The number of fused-ring (bicyclic) bond motifs is 1. The normalized spacial score (nSPS) is 24.0. The fraction of sp³-hybridized carbons (Fsp3) is 0.429. The van der Waals surface area contributed by atoms with E-state index in [1.54, 1.807) is 12.3 Å². The minimum atomic E-state index is -0.338. The molecular weight excluding hydrogens is 344 g/mol. The maximum Gasteiger partial charge on any atom is 0.227 e. The van der Waals surface area contributed by atoms with E-state index in [-0.39, 0.29) is 29.9 Å². The molecule has 1 aromatic heterocycles. The molecule has 0 unspecified atom stereocenters. The number of furan rings is 1. The lowest BCUT2D eigenvalue weighted by Crippen LogP contribution is -2.38. The first-order valence-corrected chi connectivity index (χ1v) is 9.38. The Kier molecular flexibility index (Phi) is 4.99. The summed E-state index contributed by atoms with van der Waals surface area (Å²) in [7, 11) is 0.